The van der Waals surface area contributed by atoms with Gasteiger partial charge < -0.3 is 19.5 Å². The number of rotatable bonds is 8. The van der Waals surface area contributed by atoms with Gasteiger partial charge in [0.2, 0.25) is 0 Å². The van der Waals surface area contributed by atoms with Gasteiger partial charge in [0, 0.05) is 16.9 Å². The van der Waals surface area contributed by atoms with Crippen LogP contribution in [-0.2, 0) is 0 Å². The molecule has 9 heteroatoms. The quantitative estimate of drug-likeness (QED) is 0.294. The molecular formula is C23H27ClN4O3S. The molecule has 0 spiro atoms. The lowest BCUT2D eigenvalue weighted by molar-refractivity contribution is 0.288. The first-order valence-electron chi connectivity index (χ1n) is 10.2. The first kappa shape index (κ1) is 23.8. The summed E-state index contributed by atoms with van der Waals surface area (Å²) < 4.78 is 16.7. The van der Waals surface area contributed by atoms with Crippen LogP contribution < -0.4 is 19.5 Å². The fourth-order valence-electron chi connectivity index (χ4n) is 3.14. The van der Waals surface area contributed by atoms with Gasteiger partial charge in [0.25, 0.3) is 0 Å². The Bertz CT molecular complexity index is 1100. The van der Waals surface area contributed by atoms with E-state index in [1.807, 2.05) is 57.4 Å². The first-order valence-corrected chi connectivity index (χ1v) is 11.8. The van der Waals surface area contributed by atoms with E-state index in [0.717, 1.165) is 22.5 Å². The lowest BCUT2D eigenvalue weighted by Crippen LogP contribution is -2.07. The van der Waals surface area contributed by atoms with Crippen LogP contribution in [0.3, 0.4) is 0 Å². The number of aliphatic imine (C=N–C) groups is 1. The van der Waals surface area contributed by atoms with E-state index in [9.17, 15) is 0 Å². The Kier molecular flexibility index (Phi) is 8.30. The number of aromatic nitrogens is 2. The number of halogens is 1. The molecule has 1 heterocycles. The molecule has 0 fully saturated rings. The molecule has 0 bridgehead atoms. The molecule has 2 N–H and O–H groups in total. The van der Waals surface area contributed by atoms with Crippen LogP contribution in [0.5, 0.6) is 17.2 Å². The molecule has 0 aliphatic carbocycles. The number of H-pyrrole nitrogens is 1. The average molecular weight is 475 g/mol. The molecule has 0 saturated heterocycles. The van der Waals surface area contributed by atoms with Crippen molar-refractivity contribution in [3.8, 4) is 28.4 Å². The highest BCUT2D eigenvalue weighted by Crippen LogP contribution is 2.38. The molecule has 0 atom stereocenters. The van der Waals surface area contributed by atoms with Crippen molar-refractivity contribution in [1.82, 2.24) is 10.2 Å². The number of hydrogen-bond donors (Lipinski definition) is 2. The Morgan fingerprint density at radius 2 is 1.81 bits per heavy atom. The second kappa shape index (κ2) is 11.2. The van der Waals surface area contributed by atoms with Crippen molar-refractivity contribution < 1.29 is 14.2 Å². The molecule has 32 heavy (non-hydrogen) atoms. The molecular weight excluding hydrogens is 448 g/mol. The summed E-state index contributed by atoms with van der Waals surface area (Å²) in [6.07, 6.45) is 1.94. The van der Waals surface area contributed by atoms with E-state index in [1.165, 1.54) is 11.8 Å². The number of benzene rings is 2. The number of ether oxygens (including phenoxy) is 3. The van der Waals surface area contributed by atoms with E-state index in [-0.39, 0.29) is 0 Å². The summed E-state index contributed by atoms with van der Waals surface area (Å²) in [4.78, 5) is 4.76. The fourth-order valence-corrected chi connectivity index (χ4v) is 3.79. The molecule has 3 rings (SSSR count). The highest BCUT2D eigenvalue weighted by Gasteiger charge is 2.16. The van der Waals surface area contributed by atoms with Crippen molar-refractivity contribution in [2.45, 2.75) is 20.8 Å². The SMILES string of the molecule is CCOc1ccc(-c2c(N=C(Nc3ccc(OC)c(Cl)c3)SC)n[nH]c2C)cc1OCC. The van der Waals surface area contributed by atoms with Gasteiger partial charge in [-0.3, -0.25) is 5.10 Å². The highest BCUT2D eigenvalue weighted by atomic mass is 35.5. The smallest absolute Gasteiger partial charge is 0.184 e. The maximum atomic E-state index is 6.25. The van der Waals surface area contributed by atoms with Crippen molar-refractivity contribution in [1.29, 1.82) is 0 Å². The number of hydrogen-bond acceptors (Lipinski definition) is 6. The molecule has 2 aromatic carbocycles. The van der Waals surface area contributed by atoms with Crippen LogP contribution in [0, 0.1) is 6.92 Å². The van der Waals surface area contributed by atoms with Crippen LogP contribution in [0.2, 0.25) is 5.02 Å². The summed E-state index contributed by atoms with van der Waals surface area (Å²) in [6.45, 7) is 6.97. The van der Waals surface area contributed by atoms with Crippen molar-refractivity contribution in [2.75, 3.05) is 31.9 Å². The number of nitrogens with zero attached hydrogens (tertiary/aromatic N) is 2. The predicted molar refractivity (Wildman–Crippen MR) is 133 cm³/mol. The number of aromatic amines is 1. The third-order valence-electron chi connectivity index (χ3n) is 4.56. The van der Waals surface area contributed by atoms with E-state index >= 15 is 0 Å². The second-order valence-electron chi connectivity index (χ2n) is 6.67. The van der Waals surface area contributed by atoms with Gasteiger partial charge in [-0.05, 0) is 62.9 Å². The van der Waals surface area contributed by atoms with Gasteiger partial charge in [0.15, 0.2) is 22.5 Å². The van der Waals surface area contributed by atoms with Crippen LogP contribution in [0.1, 0.15) is 19.5 Å². The molecule has 0 saturated carbocycles. The minimum atomic E-state index is 0.520. The Balaban J connectivity index is 1.96. The van der Waals surface area contributed by atoms with E-state index in [4.69, 9.17) is 30.8 Å². The van der Waals surface area contributed by atoms with Gasteiger partial charge >= 0.3 is 0 Å². The van der Waals surface area contributed by atoms with Gasteiger partial charge in [-0.1, -0.05) is 29.4 Å². The molecule has 7 nitrogen and oxygen atoms in total. The number of anilines is 1. The number of nitrogens with one attached hydrogen (secondary N) is 2. The summed E-state index contributed by atoms with van der Waals surface area (Å²) in [5, 5.41) is 11.9. The van der Waals surface area contributed by atoms with Gasteiger partial charge in [0.05, 0.1) is 25.3 Å². The Labute approximate surface area is 197 Å². The van der Waals surface area contributed by atoms with Crippen LogP contribution >= 0.6 is 23.4 Å². The monoisotopic (exact) mass is 474 g/mol. The third kappa shape index (κ3) is 5.49. The third-order valence-corrected chi connectivity index (χ3v) is 5.44. The average Bonchev–Trinajstić information content (AvgIpc) is 3.15. The van der Waals surface area contributed by atoms with Crippen molar-refractivity contribution in [3.63, 3.8) is 0 Å². The molecule has 0 unspecified atom stereocenters. The Morgan fingerprint density at radius 1 is 1.09 bits per heavy atom. The molecule has 0 aliphatic heterocycles. The van der Waals surface area contributed by atoms with Crippen molar-refractivity contribution >= 4 is 40.0 Å². The lowest BCUT2D eigenvalue weighted by atomic mass is 10.1. The minimum absolute atomic E-state index is 0.520. The van der Waals surface area contributed by atoms with Gasteiger partial charge in [0.1, 0.15) is 5.75 Å². The number of amidine groups is 1. The largest absolute Gasteiger partial charge is 0.495 e. The summed E-state index contributed by atoms with van der Waals surface area (Å²) in [6, 6.07) is 11.3. The molecule has 0 aliphatic rings. The van der Waals surface area contributed by atoms with Gasteiger partial charge in [-0.2, -0.15) is 5.10 Å². The standard InChI is InChI=1S/C23H27ClN4O3S/c1-6-30-19-10-8-15(12-20(19)31-7-2)21-14(3)27-28-22(21)26-23(32-5)25-16-9-11-18(29-4)17(24)13-16/h8-13H,6-7H2,1-5H3,(H2,25,26,27,28). The van der Waals surface area contributed by atoms with E-state index in [2.05, 4.69) is 15.5 Å². The topological polar surface area (TPSA) is 80.8 Å². The van der Waals surface area contributed by atoms with Crippen LogP contribution in [0.4, 0.5) is 11.5 Å². The van der Waals surface area contributed by atoms with E-state index in [0.29, 0.717) is 46.5 Å². The second-order valence-corrected chi connectivity index (χ2v) is 7.87. The van der Waals surface area contributed by atoms with E-state index in [1.54, 1.807) is 13.2 Å². The number of thioether (sulfide) groups is 1. The van der Waals surface area contributed by atoms with Crippen LogP contribution in [0.25, 0.3) is 11.1 Å². The zero-order valence-electron chi connectivity index (χ0n) is 18.8. The zero-order valence-corrected chi connectivity index (χ0v) is 20.4. The maximum Gasteiger partial charge on any atom is 0.184 e. The Morgan fingerprint density at radius 3 is 2.47 bits per heavy atom. The predicted octanol–water partition coefficient (Wildman–Crippen LogP) is 6.31. The van der Waals surface area contributed by atoms with Crippen LogP contribution in [-0.4, -0.2) is 41.9 Å². The summed E-state index contributed by atoms with van der Waals surface area (Å²) in [5.41, 5.74) is 3.55. The van der Waals surface area contributed by atoms with Crippen molar-refractivity contribution in [3.05, 3.63) is 47.1 Å². The minimum Gasteiger partial charge on any atom is -0.495 e. The normalized spacial score (nSPS) is 11.4. The van der Waals surface area contributed by atoms with E-state index < -0.39 is 0 Å². The number of aryl methyl sites for hydroxylation is 1. The number of methoxy groups -OCH3 is 1. The zero-order chi connectivity index (χ0) is 23.1. The van der Waals surface area contributed by atoms with Gasteiger partial charge in [-0.15, -0.1) is 0 Å². The fraction of sp³-hybridized carbons (Fsp3) is 0.304. The first-order chi connectivity index (χ1) is 15.5. The molecule has 170 valence electrons. The van der Waals surface area contributed by atoms with Gasteiger partial charge in [-0.25, -0.2) is 4.99 Å². The summed E-state index contributed by atoms with van der Waals surface area (Å²) in [7, 11) is 1.59. The lowest BCUT2D eigenvalue weighted by Gasteiger charge is -2.13. The molecule has 0 amide bonds. The Hall–Kier alpha value is -2.84. The highest BCUT2D eigenvalue weighted by molar-refractivity contribution is 8.13. The molecule has 0 radical (unpaired) electrons. The molecule has 3 aromatic rings. The molecule has 1 aromatic heterocycles. The maximum absolute atomic E-state index is 6.25. The van der Waals surface area contributed by atoms with Crippen molar-refractivity contribution in [2.24, 2.45) is 4.99 Å². The van der Waals surface area contributed by atoms with Crippen LogP contribution in [0.15, 0.2) is 41.4 Å². The summed E-state index contributed by atoms with van der Waals surface area (Å²) >= 11 is 7.72. The summed E-state index contributed by atoms with van der Waals surface area (Å²) in [5.74, 6) is 2.60.